The molecule has 0 radical (unpaired) electrons. The first-order chi connectivity index (χ1) is 12.8. The van der Waals surface area contributed by atoms with E-state index in [1.54, 1.807) is 0 Å². The monoisotopic (exact) mass is 393 g/mol. The number of rotatable bonds is 3. The molecule has 0 saturated carbocycles. The summed E-state index contributed by atoms with van der Waals surface area (Å²) in [5.41, 5.74) is 0.616. The summed E-state index contributed by atoms with van der Waals surface area (Å²) in [6, 6.07) is 6.02. The van der Waals surface area contributed by atoms with Crippen LogP contribution in [0, 0.1) is 18.6 Å². The van der Waals surface area contributed by atoms with Crippen molar-refractivity contribution in [1.82, 2.24) is 4.57 Å². The Morgan fingerprint density at radius 2 is 1.93 bits per heavy atom. The van der Waals surface area contributed by atoms with E-state index in [2.05, 4.69) is 4.74 Å². The molecule has 0 aliphatic heterocycles. The van der Waals surface area contributed by atoms with Crippen LogP contribution in [0.5, 0.6) is 5.75 Å². The van der Waals surface area contributed by atoms with Crippen LogP contribution in [0.15, 0.2) is 30.3 Å². The van der Waals surface area contributed by atoms with Crippen LogP contribution in [0.1, 0.15) is 21.6 Å². The number of phenols is 1. The zero-order valence-corrected chi connectivity index (χ0v) is 15.1. The molecule has 0 aliphatic rings. The largest absolute Gasteiger partial charge is 0.505 e. The van der Waals surface area contributed by atoms with E-state index in [1.165, 1.54) is 36.8 Å². The Bertz CT molecular complexity index is 1090. The van der Waals surface area contributed by atoms with Gasteiger partial charge >= 0.3 is 5.97 Å². The summed E-state index contributed by atoms with van der Waals surface area (Å²) in [5, 5.41) is 9.50. The lowest BCUT2D eigenvalue weighted by Gasteiger charge is -2.08. The van der Waals surface area contributed by atoms with Crippen LogP contribution in [0.25, 0.3) is 10.9 Å². The highest BCUT2D eigenvalue weighted by Gasteiger charge is 2.25. The predicted octanol–water partition coefficient (Wildman–Crippen LogP) is 3.99. The molecule has 3 aromatic rings. The number of hydrogen-bond donors (Lipinski definition) is 1. The number of aromatic nitrogens is 1. The van der Waals surface area contributed by atoms with E-state index in [9.17, 15) is 23.5 Å². The third kappa shape index (κ3) is 3.14. The number of hydrogen-bond acceptors (Lipinski definition) is 4. The van der Waals surface area contributed by atoms with E-state index < -0.39 is 29.3 Å². The van der Waals surface area contributed by atoms with Crippen LogP contribution in [-0.4, -0.2) is 28.7 Å². The van der Waals surface area contributed by atoms with Gasteiger partial charge in [-0.05, 0) is 42.8 Å². The fourth-order valence-electron chi connectivity index (χ4n) is 2.98. The number of aromatic hydroxyl groups is 1. The molecule has 0 unspecified atom stereocenters. The maximum atomic E-state index is 14.6. The number of halogens is 3. The topological polar surface area (TPSA) is 68.5 Å². The first-order valence-corrected chi connectivity index (χ1v) is 8.22. The molecule has 0 amide bonds. The summed E-state index contributed by atoms with van der Waals surface area (Å²) in [5.74, 6) is -3.60. The van der Waals surface area contributed by atoms with E-state index in [4.69, 9.17) is 11.6 Å². The van der Waals surface area contributed by atoms with Gasteiger partial charge in [-0.15, -0.1) is 0 Å². The van der Waals surface area contributed by atoms with Crippen molar-refractivity contribution in [3.8, 4) is 5.75 Å². The molecule has 5 nitrogen and oxygen atoms in total. The van der Waals surface area contributed by atoms with Crippen molar-refractivity contribution >= 4 is 34.4 Å². The van der Waals surface area contributed by atoms with E-state index in [1.807, 2.05) is 0 Å². The second-order valence-corrected chi connectivity index (χ2v) is 6.29. The van der Waals surface area contributed by atoms with Gasteiger partial charge in [0.15, 0.2) is 11.6 Å². The first-order valence-electron chi connectivity index (χ1n) is 7.84. The lowest BCUT2D eigenvalue weighted by molar-refractivity contribution is -0.139. The Hall–Kier alpha value is -2.93. The molecule has 0 saturated heterocycles. The molecule has 2 aromatic carbocycles. The van der Waals surface area contributed by atoms with E-state index in [0.29, 0.717) is 0 Å². The molecular weight excluding hydrogens is 380 g/mol. The van der Waals surface area contributed by atoms with Gasteiger partial charge in [0, 0.05) is 16.6 Å². The summed E-state index contributed by atoms with van der Waals surface area (Å²) < 4.78 is 34.1. The van der Waals surface area contributed by atoms with Crippen LogP contribution in [0.3, 0.4) is 0 Å². The third-order valence-electron chi connectivity index (χ3n) is 4.33. The molecule has 0 bridgehead atoms. The lowest BCUT2D eigenvalue weighted by atomic mass is 10.1. The number of esters is 1. The van der Waals surface area contributed by atoms with Gasteiger partial charge in [-0.2, -0.15) is 0 Å². The maximum Gasteiger partial charge on any atom is 0.310 e. The third-order valence-corrected chi connectivity index (χ3v) is 4.64. The molecule has 8 heteroatoms. The molecule has 27 heavy (non-hydrogen) atoms. The van der Waals surface area contributed by atoms with Crippen molar-refractivity contribution in [3.05, 3.63) is 63.8 Å². The number of carbonyl (C=O) groups is 2. The molecule has 0 fully saturated rings. The van der Waals surface area contributed by atoms with Gasteiger partial charge in [0.1, 0.15) is 5.82 Å². The molecule has 0 aliphatic carbocycles. The van der Waals surface area contributed by atoms with E-state index >= 15 is 0 Å². The van der Waals surface area contributed by atoms with Crippen LogP contribution in [0.4, 0.5) is 8.78 Å². The quantitative estimate of drug-likeness (QED) is 0.683. The number of nitrogens with zero attached hydrogens (tertiary/aromatic N) is 1. The molecule has 1 heterocycles. The maximum absolute atomic E-state index is 14.6. The SMILES string of the molecule is COC(=O)Cc1c(C)n(C(=O)c2ccc(Cl)c(F)c2)c2ccc(O)c(F)c12. The number of fused-ring (bicyclic) bond motifs is 1. The van der Waals surface area contributed by atoms with Crippen molar-refractivity contribution in [2.75, 3.05) is 7.11 Å². The number of carbonyl (C=O) groups excluding carboxylic acids is 2. The Morgan fingerprint density at radius 1 is 1.22 bits per heavy atom. The van der Waals surface area contributed by atoms with Gasteiger partial charge in [0.05, 0.1) is 24.1 Å². The molecular formula is C19H14ClF2NO4. The zero-order chi connectivity index (χ0) is 19.9. The van der Waals surface area contributed by atoms with Crippen LogP contribution >= 0.6 is 11.6 Å². The summed E-state index contributed by atoms with van der Waals surface area (Å²) in [7, 11) is 1.19. The average molecular weight is 394 g/mol. The standard InChI is InChI=1S/C19H14ClF2NO4/c1-9-11(8-16(25)27-2)17-14(5-6-15(24)18(17)22)23(9)19(26)10-3-4-12(20)13(21)7-10/h3-7,24H,8H2,1-2H3. The molecule has 0 spiro atoms. The smallest absolute Gasteiger partial charge is 0.310 e. The van der Waals surface area contributed by atoms with Crippen molar-refractivity contribution in [1.29, 1.82) is 0 Å². The van der Waals surface area contributed by atoms with Crippen molar-refractivity contribution in [2.24, 2.45) is 0 Å². The summed E-state index contributed by atoms with van der Waals surface area (Å²) in [6.45, 7) is 1.53. The number of benzene rings is 2. The Morgan fingerprint density at radius 3 is 2.56 bits per heavy atom. The number of phenolic OH excluding ortho intramolecular Hbond substituents is 1. The highest BCUT2D eigenvalue weighted by molar-refractivity contribution is 6.30. The summed E-state index contributed by atoms with van der Waals surface area (Å²) in [6.07, 6.45) is -0.297. The Balaban J connectivity index is 2.28. The Kier molecular flexibility index (Phi) is 4.89. The predicted molar refractivity (Wildman–Crippen MR) is 95.2 cm³/mol. The van der Waals surface area contributed by atoms with Crippen molar-refractivity contribution in [2.45, 2.75) is 13.3 Å². The highest BCUT2D eigenvalue weighted by Crippen LogP contribution is 2.34. The van der Waals surface area contributed by atoms with Gasteiger partial charge in [-0.25, -0.2) is 8.78 Å². The first kappa shape index (κ1) is 18.8. The van der Waals surface area contributed by atoms with Gasteiger partial charge in [0.25, 0.3) is 5.91 Å². The molecule has 1 N–H and O–H groups in total. The van der Waals surface area contributed by atoms with Gasteiger partial charge in [-0.3, -0.25) is 14.2 Å². The highest BCUT2D eigenvalue weighted by atomic mass is 35.5. The van der Waals surface area contributed by atoms with E-state index in [-0.39, 0.29) is 39.2 Å². The minimum atomic E-state index is -0.955. The molecule has 140 valence electrons. The van der Waals surface area contributed by atoms with Crippen LogP contribution in [-0.2, 0) is 16.0 Å². The zero-order valence-electron chi connectivity index (χ0n) is 14.3. The molecule has 0 atom stereocenters. The van der Waals surface area contributed by atoms with Crippen LogP contribution in [0.2, 0.25) is 5.02 Å². The molecule has 3 rings (SSSR count). The fourth-order valence-corrected chi connectivity index (χ4v) is 3.10. The van der Waals surface area contributed by atoms with Crippen LogP contribution < -0.4 is 0 Å². The lowest BCUT2D eigenvalue weighted by Crippen LogP contribution is -2.14. The summed E-state index contributed by atoms with van der Waals surface area (Å²) >= 11 is 5.65. The minimum Gasteiger partial charge on any atom is -0.505 e. The molecule has 1 aromatic heterocycles. The second-order valence-electron chi connectivity index (χ2n) is 5.88. The van der Waals surface area contributed by atoms with Gasteiger partial charge in [-0.1, -0.05) is 11.6 Å². The normalized spacial score (nSPS) is 11.0. The van der Waals surface area contributed by atoms with Crippen molar-refractivity contribution < 1.29 is 28.2 Å². The Labute approximate surface area is 157 Å². The average Bonchev–Trinajstić information content (AvgIpc) is 2.92. The van der Waals surface area contributed by atoms with Gasteiger partial charge < -0.3 is 9.84 Å². The fraction of sp³-hybridized carbons (Fsp3) is 0.158. The number of ether oxygens (including phenoxy) is 1. The van der Waals surface area contributed by atoms with E-state index in [0.717, 1.165) is 12.1 Å². The second kappa shape index (κ2) is 7.00. The van der Waals surface area contributed by atoms with Crippen molar-refractivity contribution in [3.63, 3.8) is 0 Å². The number of methoxy groups -OCH3 is 1. The minimum absolute atomic E-state index is 0.00463. The summed E-state index contributed by atoms with van der Waals surface area (Å²) in [4.78, 5) is 24.7. The van der Waals surface area contributed by atoms with Gasteiger partial charge in [0.2, 0.25) is 0 Å².